The molecule has 0 unspecified atom stereocenters. The number of aliphatic hydroxyl groups is 2. The van der Waals surface area contributed by atoms with Crippen LogP contribution in [0.2, 0.25) is 0 Å². The molecule has 0 saturated carbocycles. The van der Waals surface area contributed by atoms with E-state index in [0.29, 0.717) is 23.4 Å². The lowest BCUT2D eigenvalue weighted by Gasteiger charge is -2.36. The fourth-order valence-electron chi connectivity index (χ4n) is 3.77. The van der Waals surface area contributed by atoms with Crippen molar-refractivity contribution in [2.75, 3.05) is 23.4 Å². The van der Waals surface area contributed by atoms with Crippen LogP contribution >= 0.6 is 11.8 Å². The third-order valence-electron chi connectivity index (χ3n) is 5.49. The zero-order valence-electron chi connectivity index (χ0n) is 18.7. The monoisotopic (exact) mass is 480 g/mol. The fourth-order valence-corrected chi connectivity index (χ4v) is 4.54. The maximum absolute atomic E-state index is 12.5. The summed E-state index contributed by atoms with van der Waals surface area (Å²) in [6.45, 7) is 0.123. The molecule has 4 rings (SSSR count). The normalized spacial score (nSPS) is 20.1. The molecule has 2 aromatic carbocycles. The minimum absolute atomic E-state index is 0.00444. The number of carbonyl (C=O) groups excluding carboxylic acids is 1. The molecule has 1 aliphatic heterocycles. The van der Waals surface area contributed by atoms with Crippen molar-refractivity contribution < 1.29 is 24.5 Å². The number of nitrogens with one attached hydrogen (secondary N) is 1. The van der Waals surface area contributed by atoms with Crippen LogP contribution in [0.15, 0.2) is 73.1 Å². The molecule has 178 valence electrons. The van der Waals surface area contributed by atoms with Crippen LogP contribution in [0.5, 0.6) is 0 Å². The van der Waals surface area contributed by atoms with Crippen molar-refractivity contribution in [1.82, 2.24) is 4.98 Å². The molecule has 34 heavy (non-hydrogen) atoms. The summed E-state index contributed by atoms with van der Waals surface area (Å²) in [6, 6.07) is 18.6. The molecule has 1 saturated heterocycles. The maximum Gasteiger partial charge on any atom is 0.257 e. The van der Waals surface area contributed by atoms with E-state index >= 15 is 0 Å². The van der Waals surface area contributed by atoms with Gasteiger partial charge in [-0.1, -0.05) is 36.4 Å². The van der Waals surface area contributed by atoms with Crippen LogP contribution in [0.25, 0.3) is 0 Å². The number of hydrogen-bond donors (Lipinski definition) is 3. The molecule has 3 atom stereocenters. The number of pyridine rings is 1. The molecule has 8 heteroatoms. The van der Waals surface area contributed by atoms with Crippen LogP contribution in [0.1, 0.15) is 45.9 Å². The van der Waals surface area contributed by atoms with Gasteiger partial charge in [0.15, 0.2) is 6.29 Å². The van der Waals surface area contributed by atoms with Crippen LogP contribution in [-0.4, -0.2) is 45.3 Å². The average molecular weight is 481 g/mol. The van der Waals surface area contributed by atoms with E-state index in [4.69, 9.17) is 14.6 Å². The molecular formula is C26H28N2O5S. The van der Waals surface area contributed by atoms with E-state index in [1.165, 1.54) is 6.20 Å². The summed E-state index contributed by atoms with van der Waals surface area (Å²) in [5.74, 6) is 1.15. The van der Waals surface area contributed by atoms with E-state index < -0.39 is 6.29 Å². The van der Waals surface area contributed by atoms with Crippen LogP contribution in [-0.2, 0) is 16.1 Å². The Balaban J connectivity index is 1.52. The van der Waals surface area contributed by atoms with Gasteiger partial charge in [0.1, 0.15) is 0 Å². The number of ether oxygens (including phenoxy) is 2. The van der Waals surface area contributed by atoms with Gasteiger partial charge < -0.3 is 25.0 Å². The summed E-state index contributed by atoms with van der Waals surface area (Å²) in [4.78, 5) is 16.5. The topological polar surface area (TPSA) is 101 Å². The van der Waals surface area contributed by atoms with Gasteiger partial charge in [-0.05, 0) is 35.4 Å². The second-order valence-electron chi connectivity index (χ2n) is 7.97. The molecule has 1 aromatic heterocycles. The Bertz CT molecular complexity index is 1060. The van der Waals surface area contributed by atoms with Crippen molar-refractivity contribution in [3.05, 3.63) is 95.3 Å². The van der Waals surface area contributed by atoms with Crippen molar-refractivity contribution in [3.8, 4) is 0 Å². The Morgan fingerprint density at radius 3 is 2.65 bits per heavy atom. The number of aromatic nitrogens is 1. The maximum atomic E-state index is 12.5. The van der Waals surface area contributed by atoms with E-state index in [0.717, 1.165) is 22.4 Å². The summed E-state index contributed by atoms with van der Waals surface area (Å²) in [7, 11) is 0. The highest BCUT2D eigenvalue weighted by atomic mass is 32.2. The Labute approximate surface area is 203 Å². The molecular weight excluding hydrogens is 452 g/mol. The number of benzene rings is 2. The first-order chi connectivity index (χ1) is 16.7. The van der Waals surface area contributed by atoms with E-state index in [2.05, 4.69) is 10.3 Å². The van der Waals surface area contributed by atoms with Gasteiger partial charge in [0, 0.05) is 41.6 Å². The van der Waals surface area contributed by atoms with Crippen molar-refractivity contribution in [2.45, 2.75) is 31.5 Å². The molecule has 1 aliphatic rings. The van der Waals surface area contributed by atoms with Gasteiger partial charge in [0.2, 0.25) is 0 Å². The zero-order chi connectivity index (χ0) is 23.8. The Kier molecular flexibility index (Phi) is 8.67. The van der Waals surface area contributed by atoms with Gasteiger partial charge in [-0.15, -0.1) is 0 Å². The smallest absolute Gasteiger partial charge is 0.257 e. The summed E-state index contributed by atoms with van der Waals surface area (Å²) in [5.41, 5.74) is 3.78. The molecule has 3 N–H and O–H groups in total. The highest BCUT2D eigenvalue weighted by Gasteiger charge is 2.32. The third kappa shape index (κ3) is 6.43. The van der Waals surface area contributed by atoms with E-state index in [9.17, 15) is 9.90 Å². The second-order valence-corrected chi connectivity index (χ2v) is 9.12. The lowest BCUT2D eigenvalue weighted by Crippen LogP contribution is -2.31. The van der Waals surface area contributed by atoms with Crippen LogP contribution < -0.4 is 5.32 Å². The van der Waals surface area contributed by atoms with E-state index in [1.54, 1.807) is 30.1 Å². The van der Waals surface area contributed by atoms with Crippen molar-refractivity contribution in [3.63, 3.8) is 0 Å². The Morgan fingerprint density at radius 2 is 1.91 bits per heavy atom. The minimum Gasteiger partial charge on any atom is -0.396 e. The number of rotatable bonds is 9. The van der Waals surface area contributed by atoms with Crippen molar-refractivity contribution >= 4 is 23.4 Å². The molecule has 3 aromatic rings. The van der Waals surface area contributed by atoms with Gasteiger partial charge in [-0.25, -0.2) is 0 Å². The number of hydrogen-bond acceptors (Lipinski definition) is 7. The van der Waals surface area contributed by atoms with Crippen molar-refractivity contribution in [1.29, 1.82) is 0 Å². The van der Waals surface area contributed by atoms with Gasteiger partial charge in [0.25, 0.3) is 5.91 Å². The summed E-state index contributed by atoms with van der Waals surface area (Å²) in [5, 5.41) is 21.4. The van der Waals surface area contributed by atoms with Gasteiger partial charge >= 0.3 is 0 Å². The number of thioether (sulfide) groups is 1. The van der Waals surface area contributed by atoms with Gasteiger partial charge in [0.05, 0.1) is 31.0 Å². The molecule has 0 spiro atoms. The van der Waals surface area contributed by atoms with Crippen LogP contribution in [0, 0.1) is 0 Å². The van der Waals surface area contributed by atoms with Crippen molar-refractivity contribution in [2.24, 2.45) is 0 Å². The standard InChI is InChI=1S/C26H28N2O5S/c29-11-12-34-17-23-14-24(19-8-6-18(16-30)7-9-19)33-26(32-23)20-3-1-5-22(13-20)28-25(31)21-4-2-10-27-15-21/h1-10,13,15,23-24,26,29-30H,11-12,14,16-17H2,(H,28,31)/t23-,24+,26+/m1/s1. The Morgan fingerprint density at radius 1 is 1.06 bits per heavy atom. The lowest BCUT2D eigenvalue weighted by molar-refractivity contribution is -0.245. The molecule has 0 bridgehead atoms. The number of nitrogens with zero attached hydrogens (tertiary/aromatic N) is 1. The quantitative estimate of drug-likeness (QED) is 0.397. The highest BCUT2D eigenvalue weighted by molar-refractivity contribution is 7.99. The number of anilines is 1. The molecule has 1 fully saturated rings. The first-order valence-electron chi connectivity index (χ1n) is 11.2. The first kappa shape index (κ1) is 24.4. The summed E-state index contributed by atoms with van der Waals surface area (Å²) < 4.78 is 12.6. The van der Waals surface area contributed by atoms with Gasteiger partial charge in [-0.2, -0.15) is 11.8 Å². The second kappa shape index (κ2) is 12.1. The minimum atomic E-state index is -0.605. The Hall–Kier alpha value is -2.75. The zero-order valence-corrected chi connectivity index (χ0v) is 19.5. The SMILES string of the molecule is O=C(Nc1cccc([C@H]2O[C@@H](CSCCO)C[C@@H](c3ccc(CO)cc3)O2)c1)c1cccnc1. The summed E-state index contributed by atoms with van der Waals surface area (Å²) >= 11 is 1.64. The highest BCUT2D eigenvalue weighted by Crippen LogP contribution is 2.39. The number of aliphatic hydroxyl groups excluding tert-OH is 2. The molecule has 7 nitrogen and oxygen atoms in total. The molecule has 0 radical (unpaired) electrons. The van der Waals surface area contributed by atoms with Crippen LogP contribution in [0.4, 0.5) is 5.69 Å². The average Bonchev–Trinajstić information content (AvgIpc) is 2.89. The summed E-state index contributed by atoms with van der Waals surface area (Å²) in [6.07, 6.45) is 2.98. The molecule has 0 aliphatic carbocycles. The van der Waals surface area contributed by atoms with E-state index in [1.807, 2.05) is 48.5 Å². The largest absolute Gasteiger partial charge is 0.396 e. The first-order valence-corrected chi connectivity index (χ1v) is 12.3. The van der Waals surface area contributed by atoms with E-state index in [-0.39, 0.29) is 31.3 Å². The lowest BCUT2D eigenvalue weighted by atomic mass is 10.0. The predicted molar refractivity (Wildman–Crippen MR) is 131 cm³/mol. The number of carbonyl (C=O) groups is 1. The number of amides is 1. The molecule has 2 heterocycles. The van der Waals surface area contributed by atoms with Gasteiger partial charge in [-0.3, -0.25) is 9.78 Å². The molecule has 1 amide bonds. The third-order valence-corrected chi connectivity index (χ3v) is 6.57. The fraction of sp³-hybridized carbons (Fsp3) is 0.308. The predicted octanol–water partition coefficient (Wildman–Crippen LogP) is 4.10. The van der Waals surface area contributed by atoms with Crippen LogP contribution in [0.3, 0.4) is 0 Å².